The first-order valence-corrected chi connectivity index (χ1v) is 5.07. The number of hydrogen-bond donors (Lipinski definition) is 0. The molecule has 1 aromatic rings. The summed E-state index contributed by atoms with van der Waals surface area (Å²) in [7, 11) is 0. The quantitative estimate of drug-likeness (QED) is 0.618. The van der Waals surface area contributed by atoms with Crippen LogP contribution in [0.3, 0.4) is 0 Å². The highest BCUT2D eigenvalue weighted by Crippen LogP contribution is 2.38. The van der Waals surface area contributed by atoms with Gasteiger partial charge in [0, 0.05) is 6.07 Å². The maximum absolute atomic E-state index is 10.7. The third kappa shape index (κ3) is 1.87. The van der Waals surface area contributed by atoms with Crippen molar-refractivity contribution in [2.45, 2.75) is 18.9 Å². The Morgan fingerprint density at radius 2 is 2.21 bits per heavy atom. The fourth-order valence-electron chi connectivity index (χ4n) is 1.11. The molecule has 0 spiro atoms. The van der Waals surface area contributed by atoms with Gasteiger partial charge in [-0.15, -0.1) is 0 Å². The van der Waals surface area contributed by atoms with E-state index in [9.17, 15) is 10.1 Å². The highest BCUT2D eigenvalue weighted by atomic mass is 79.9. The van der Waals surface area contributed by atoms with Crippen molar-refractivity contribution in [1.82, 2.24) is 0 Å². The zero-order valence-electron chi connectivity index (χ0n) is 7.27. The van der Waals surface area contributed by atoms with Gasteiger partial charge in [-0.2, -0.15) is 0 Å². The predicted molar refractivity (Wildman–Crippen MR) is 54.4 cm³/mol. The lowest BCUT2D eigenvalue weighted by Crippen LogP contribution is -2.00. The second kappa shape index (κ2) is 3.57. The van der Waals surface area contributed by atoms with Gasteiger partial charge in [-0.1, -0.05) is 6.07 Å². The lowest BCUT2D eigenvalue weighted by Gasteiger charge is -2.06. The summed E-state index contributed by atoms with van der Waals surface area (Å²) in [5, 5.41) is 10.7. The number of benzene rings is 1. The molecule has 1 aromatic carbocycles. The van der Waals surface area contributed by atoms with Crippen LogP contribution in [0.15, 0.2) is 22.7 Å². The molecule has 0 bridgehead atoms. The van der Waals surface area contributed by atoms with E-state index in [1.165, 1.54) is 6.07 Å². The number of nitro benzene ring substituents is 1. The summed E-state index contributed by atoms with van der Waals surface area (Å²) in [6.07, 6.45) is 2.13. The van der Waals surface area contributed by atoms with Crippen molar-refractivity contribution in [1.29, 1.82) is 0 Å². The molecule has 0 N–H and O–H groups in total. The second-order valence-corrected chi connectivity index (χ2v) is 4.02. The van der Waals surface area contributed by atoms with Crippen LogP contribution >= 0.6 is 15.9 Å². The van der Waals surface area contributed by atoms with Gasteiger partial charge in [-0.05, 0) is 34.8 Å². The van der Waals surface area contributed by atoms with Gasteiger partial charge in [-0.25, -0.2) is 0 Å². The van der Waals surface area contributed by atoms with Crippen molar-refractivity contribution in [2.75, 3.05) is 0 Å². The molecule has 0 aliphatic heterocycles. The third-order valence-corrected chi connectivity index (χ3v) is 2.58. The Bertz CT molecular complexity index is 376. The van der Waals surface area contributed by atoms with Crippen LogP contribution in [0, 0.1) is 10.1 Å². The Hall–Kier alpha value is -1.10. The third-order valence-electron chi connectivity index (χ3n) is 1.95. The van der Waals surface area contributed by atoms with Gasteiger partial charge in [0.15, 0.2) is 0 Å². The van der Waals surface area contributed by atoms with Gasteiger partial charge in [0.1, 0.15) is 0 Å². The average Bonchev–Trinajstić information content (AvgIpc) is 2.91. The first kappa shape index (κ1) is 9.45. The van der Waals surface area contributed by atoms with E-state index >= 15 is 0 Å². The van der Waals surface area contributed by atoms with E-state index in [4.69, 9.17) is 4.74 Å². The second-order valence-electron chi connectivity index (χ2n) is 3.16. The van der Waals surface area contributed by atoms with Crippen LogP contribution < -0.4 is 4.74 Å². The SMILES string of the molecule is O=[N+]([O-])c1cccc(Br)c1OC1CC1. The van der Waals surface area contributed by atoms with E-state index in [-0.39, 0.29) is 11.8 Å². The normalized spacial score (nSPS) is 15.2. The monoisotopic (exact) mass is 257 g/mol. The summed E-state index contributed by atoms with van der Waals surface area (Å²) in [6, 6.07) is 4.81. The topological polar surface area (TPSA) is 52.4 Å². The van der Waals surface area contributed by atoms with Crippen LogP contribution in [-0.2, 0) is 0 Å². The first-order chi connectivity index (χ1) is 6.68. The summed E-state index contributed by atoms with van der Waals surface area (Å²) in [4.78, 5) is 10.3. The molecular formula is C9H8BrNO3. The van der Waals surface area contributed by atoms with E-state index in [0.29, 0.717) is 10.2 Å². The standard InChI is InChI=1S/C9H8BrNO3/c10-7-2-1-3-8(11(12)13)9(7)14-6-4-5-6/h1-3,6H,4-5H2. The first-order valence-electron chi connectivity index (χ1n) is 4.28. The van der Waals surface area contributed by atoms with Crippen molar-refractivity contribution in [2.24, 2.45) is 0 Å². The molecule has 1 aliphatic carbocycles. The Labute approximate surface area is 89.2 Å². The number of nitrogens with zero attached hydrogens (tertiary/aromatic N) is 1. The zero-order chi connectivity index (χ0) is 10.1. The van der Waals surface area contributed by atoms with Gasteiger partial charge >= 0.3 is 5.69 Å². The van der Waals surface area contributed by atoms with Crippen molar-refractivity contribution in [3.05, 3.63) is 32.8 Å². The van der Waals surface area contributed by atoms with Crippen molar-refractivity contribution >= 4 is 21.6 Å². The minimum atomic E-state index is -0.428. The van der Waals surface area contributed by atoms with E-state index in [0.717, 1.165) is 12.8 Å². The minimum absolute atomic E-state index is 0.0197. The van der Waals surface area contributed by atoms with Gasteiger partial charge in [0.25, 0.3) is 0 Å². The molecule has 0 unspecified atom stereocenters. The number of para-hydroxylation sites is 1. The van der Waals surface area contributed by atoms with Crippen LogP contribution in [0.25, 0.3) is 0 Å². The van der Waals surface area contributed by atoms with E-state index in [1.54, 1.807) is 12.1 Å². The fraction of sp³-hybridized carbons (Fsp3) is 0.333. The summed E-state index contributed by atoms with van der Waals surface area (Å²) in [6.45, 7) is 0. The van der Waals surface area contributed by atoms with Crippen LogP contribution in [-0.4, -0.2) is 11.0 Å². The number of halogens is 1. The molecule has 2 rings (SSSR count). The lowest BCUT2D eigenvalue weighted by molar-refractivity contribution is -0.386. The number of rotatable bonds is 3. The Morgan fingerprint density at radius 1 is 1.50 bits per heavy atom. The van der Waals surface area contributed by atoms with Crippen LogP contribution in [0.5, 0.6) is 5.75 Å². The highest BCUT2D eigenvalue weighted by molar-refractivity contribution is 9.10. The minimum Gasteiger partial charge on any atom is -0.483 e. The highest BCUT2D eigenvalue weighted by Gasteiger charge is 2.28. The molecule has 1 fully saturated rings. The van der Waals surface area contributed by atoms with Crippen molar-refractivity contribution in [3.63, 3.8) is 0 Å². The molecule has 0 aromatic heterocycles. The Balaban J connectivity index is 2.36. The number of ether oxygens (including phenoxy) is 1. The molecule has 0 atom stereocenters. The maximum atomic E-state index is 10.7. The molecule has 0 heterocycles. The van der Waals surface area contributed by atoms with Crippen LogP contribution in [0.4, 0.5) is 5.69 Å². The van der Waals surface area contributed by atoms with E-state index in [2.05, 4.69) is 15.9 Å². The summed E-state index contributed by atoms with van der Waals surface area (Å²) in [5.41, 5.74) is 0.0197. The van der Waals surface area contributed by atoms with Gasteiger partial charge in [0.2, 0.25) is 5.75 Å². The maximum Gasteiger partial charge on any atom is 0.312 e. The molecular weight excluding hydrogens is 250 g/mol. The molecule has 1 aliphatic rings. The lowest BCUT2D eigenvalue weighted by atomic mass is 10.3. The van der Waals surface area contributed by atoms with Gasteiger partial charge in [-0.3, -0.25) is 10.1 Å². The van der Waals surface area contributed by atoms with Crippen molar-refractivity contribution < 1.29 is 9.66 Å². The van der Waals surface area contributed by atoms with Gasteiger partial charge < -0.3 is 4.74 Å². The summed E-state index contributed by atoms with van der Waals surface area (Å²) < 4.78 is 6.10. The number of nitro groups is 1. The summed E-state index contributed by atoms with van der Waals surface area (Å²) >= 11 is 3.24. The molecule has 14 heavy (non-hydrogen) atoms. The number of hydrogen-bond acceptors (Lipinski definition) is 3. The van der Waals surface area contributed by atoms with Gasteiger partial charge in [0.05, 0.1) is 15.5 Å². The zero-order valence-corrected chi connectivity index (χ0v) is 8.86. The van der Waals surface area contributed by atoms with E-state index < -0.39 is 4.92 Å². The molecule has 0 saturated heterocycles. The smallest absolute Gasteiger partial charge is 0.312 e. The molecule has 1 saturated carbocycles. The molecule has 4 nitrogen and oxygen atoms in total. The Morgan fingerprint density at radius 3 is 2.79 bits per heavy atom. The molecule has 0 amide bonds. The fourth-order valence-corrected chi connectivity index (χ4v) is 1.56. The van der Waals surface area contributed by atoms with Crippen LogP contribution in [0.2, 0.25) is 0 Å². The molecule has 74 valence electrons. The predicted octanol–water partition coefficient (Wildman–Crippen LogP) is 2.90. The van der Waals surface area contributed by atoms with Crippen molar-refractivity contribution in [3.8, 4) is 5.75 Å². The molecule has 0 radical (unpaired) electrons. The summed E-state index contributed by atoms with van der Waals surface area (Å²) in [5.74, 6) is 0.347. The average molecular weight is 258 g/mol. The van der Waals surface area contributed by atoms with Crippen LogP contribution in [0.1, 0.15) is 12.8 Å². The largest absolute Gasteiger partial charge is 0.483 e. The Kier molecular flexibility index (Phi) is 2.41. The molecule has 5 heteroatoms. The van der Waals surface area contributed by atoms with E-state index in [1.807, 2.05) is 0 Å².